The first kappa shape index (κ1) is 6.80. The summed E-state index contributed by atoms with van der Waals surface area (Å²) in [5.74, 6) is -1.97. The van der Waals surface area contributed by atoms with E-state index in [1.807, 2.05) is 0 Å². The lowest BCUT2D eigenvalue weighted by Crippen LogP contribution is -2.25. The second-order valence-electron chi connectivity index (χ2n) is 2.12. The molecule has 1 heterocycles. The summed E-state index contributed by atoms with van der Waals surface area (Å²) in [5.41, 5.74) is 0. The Kier molecular flexibility index (Phi) is 1.45. The molecule has 0 radical (unpaired) electrons. The molecule has 0 saturated carbocycles. The highest BCUT2D eigenvalue weighted by molar-refractivity contribution is 6.04. The quantitative estimate of drug-likeness (QED) is 0.493. The number of hydrogen-bond acceptors (Lipinski definition) is 3. The molecule has 0 fully saturated rings. The fourth-order valence-electron chi connectivity index (χ4n) is 0.839. The molecule has 0 aliphatic carbocycles. The van der Waals surface area contributed by atoms with Gasteiger partial charge in [0.2, 0.25) is 5.91 Å². The summed E-state index contributed by atoms with van der Waals surface area (Å²) in [5, 5.41) is 11.1. The summed E-state index contributed by atoms with van der Waals surface area (Å²) in [4.78, 5) is 21.3. The van der Waals surface area contributed by atoms with Crippen LogP contribution < -0.4 is 5.32 Å². The minimum atomic E-state index is -0.972. The first-order valence-corrected chi connectivity index (χ1v) is 2.83. The van der Waals surface area contributed by atoms with E-state index in [1.165, 1.54) is 6.92 Å². The van der Waals surface area contributed by atoms with E-state index in [2.05, 4.69) is 5.32 Å². The molecule has 0 saturated heterocycles. The Morgan fingerprint density at radius 1 is 1.80 bits per heavy atom. The number of hydrogen-bond donors (Lipinski definition) is 2. The smallest absolute Gasteiger partial charge is 0.242 e. The molecule has 2 N–H and O–H groups in total. The van der Waals surface area contributed by atoms with E-state index in [-0.39, 0.29) is 11.5 Å². The van der Waals surface area contributed by atoms with Crippen LogP contribution in [0.1, 0.15) is 6.92 Å². The number of carbonyl (C=O) groups excluding carboxylic acids is 2. The van der Waals surface area contributed by atoms with Crippen LogP contribution in [0.5, 0.6) is 0 Å². The first-order valence-electron chi connectivity index (χ1n) is 2.83. The summed E-state index contributed by atoms with van der Waals surface area (Å²) in [7, 11) is 0. The van der Waals surface area contributed by atoms with E-state index in [0.29, 0.717) is 0 Å². The second-order valence-corrected chi connectivity index (χ2v) is 2.12. The van der Waals surface area contributed by atoms with Gasteiger partial charge < -0.3 is 10.4 Å². The predicted molar refractivity (Wildman–Crippen MR) is 33.0 cm³/mol. The minimum Gasteiger partial charge on any atom is -0.509 e. The fraction of sp³-hybridized carbons (Fsp3) is 0.333. The zero-order valence-corrected chi connectivity index (χ0v) is 5.42. The number of carbonyl (C=O) groups is 2. The van der Waals surface area contributed by atoms with Crippen LogP contribution in [0.2, 0.25) is 0 Å². The Balaban J connectivity index is 2.84. The van der Waals surface area contributed by atoms with Crippen LogP contribution in [0.3, 0.4) is 0 Å². The van der Waals surface area contributed by atoms with E-state index < -0.39 is 11.8 Å². The van der Waals surface area contributed by atoms with Crippen molar-refractivity contribution in [1.82, 2.24) is 5.32 Å². The fourth-order valence-corrected chi connectivity index (χ4v) is 0.839. The maximum atomic E-state index is 10.7. The SMILES string of the molecule is CC(=O)C1C(=O)NC=C1O. The number of rotatable bonds is 1. The van der Waals surface area contributed by atoms with Gasteiger partial charge in [0.15, 0.2) is 5.92 Å². The number of ketones is 1. The average Bonchev–Trinajstić information content (AvgIpc) is 2.11. The summed E-state index contributed by atoms with van der Waals surface area (Å²) >= 11 is 0. The van der Waals surface area contributed by atoms with Crippen LogP contribution in [-0.4, -0.2) is 16.8 Å². The Morgan fingerprint density at radius 2 is 2.40 bits per heavy atom. The van der Waals surface area contributed by atoms with Gasteiger partial charge in [0.1, 0.15) is 11.5 Å². The highest BCUT2D eigenvalue weighted by atomic mass is 16.3. The molecule has 0 aromatic rings. The maximum absolute atomic E-state index is 10.7. The Labute approximate surface area is 57.5 Å². The van der Waals surface area contributed by atoms with Crippen molar-refractivity contribution in [3.63, 3.8) is 0 Å². The van der Waals surface area contributed by atoms with Crippen molar-refractivity contribution in [3.8, 4) is 0 Å². The molecular weight excluding hydrogens is 134 g/mol. The first-order chi connectivity index (χ1) is 4.63. The Bertz CT molecular complexity index is 219. The summed E-state index contributed by atoms with van der Waals surface area (Å²) in [6.45, 7) is 1.26. The lowest BCUT2D eigenvalue weighted by Gasteiger charge is -2.00. The van der Waals surface area contributed by atoms with Crippen LogP contribution >= 0.6 is 0 Å². The van der Waals surface area contributed by atoms with Crippen LogP contribution in [-0.2, 0) is 9.59 Å². The normalized spacial score (nSPS) is 23.9. The van der Waals surface area contributed by atoms with Crippen LogP contribution in [0.25, 0.3) is 0 Å². The third-order valence-corrected chi connectivity index (χ3v) is 1.33. The molecule has 4 nitrogen and oxygen atoms in total. The zero-order valence-electron chi connectivity index (χ0n) is 5.42. The average molecular weight is 141 g/mol. The van der Waals surface area contributed by atoms with Crippen LogP contribution in [0, 0.1) is 5.92 Å². The molecule has 10 heavy (non-hydrogen) atoms. The van der Waals surface area contributed by atoms with Gasteiger partial charge in [-0.2, -0.15) is 0 Å². The van der Waals surface area contributed by atoms with E-state index in [9.17, 15) is 9.59 Å². The third kappa shape index (κ3) is 0.877. The topological polar surface area (TPSA) is 66.4 Å². The third-order valence-electron chi connectivity index (χ3n) is 1.33. The number of aliphatic hydroxyl groups excluding tert-OH is 1. The molecule has 1 amide bonds. The van der Waals surface area contributed by atoms with Crippen molar-refractivity contribution in [2.24, 2.45) is 5.92 Å². The lowest BCUT2D eigenvalue weighted by molar-refractivity contribution is -0.130. The molecule has 0 aromatic heterocycles. The monoisotopic (exact) mass is 141 g/mol. The van der Waals surface area contributed by atoms with Crippen molar-refractivity contribution in [1.29, 1.82) is 0 Å². The van der Waals surface area contributed by atoms with E-state index in [0.717, 1.165) is 6.20 Å². The van der Waals surface area contributed by atoms with Crippen molar-refractivity contribution < 1.29 is 14.7 Å². The molecule has 1 rings (SSSR count). The van der Waals surface area contributed by atoms with Gasteiger partial charge in [-0.1, -0.05) is 0 Å². The zero-order chi connectivity index (χ0) is 7.72. The lowest BCUT2D eigenvalue weighted by atomic mass is 10.1. The molecule has 1 aliphatic rings. The van der Waals surface area contributed by atoms with E-state index in [1.54, 1.807) is 0 Å². The van der Waals surface area contributed by atoms with Gasteiger partial charge in [0.05, 0.1) is 0 Å². The molecule has 1 aliphatic heterocycles. The molecule has 1 unspecified atom stereocenters. The molecule has 0 aromatic carbocycles. The Morgan fingerprint density at radius 3 is 2.60 bits per heavy atom. The molecule has 54 valence electrons. The summed E-state index contributed by atoms with van der Waals surface area (Å²) in [6.07, 6.45) is 1.13. The van der Waals surface area contributed by atoms with Crippen LogP contribution in [0.15, 0.2) is 12.0 Å². The Hall–Kier alpha value is -1.32. The van der Waals surface area contributed by atoms with Gasteiger partial charge in [0, 0.05) is 6.20 Å². The van der Waals surface area contributed by atoms with Crippen molar-refractivity contribution in [2.45, 2.75) is 6.92 Å². The largest absolute Gasteiger partial charge is 0.509 e. The minimum absolute atomic E-state index is 0.197. The highest BCUT2D eigenvalue weighted by Gasteiger charge is 2.31. The van der Waals surface area contributed by atoms with Crippen molar-refractivity contribution >= 4 is 11.7 Å². The van der Waals surface area contributed by atoms with Crippen molar-refractivity contribution in [2.75, 3.05) is 0 Å². The van der Waals surface area contributed by atoms with E-state index in [4.69, 9.17) is 5.11 Å². The van der Waals surface area contributed by atoms with Gasteiger partial charge in [-0.15, -0.1) is 0 Å². The van der Waals surface area contributed by atoms with Crippen molar-refractivity contribution in [3.05, 3.63) is 12.0 Å². The van der Waals surface area contributed by atoms with Gasteiger partial charge in [-0.25, -0.2) is 0 Å². The van der Waals surface area contributed by atoms with E-state index >= 15 is 0 Å². The van der Waals surface area contributed by atoms with Crippen LogP contribution in [0.4, 0.5) is 0 Å². The number of amides is 1. The standard InChI is InChI=1S/C6H7NO3/c1-3(8)5-4(9)2-7-6(5)10/h2,5,9H,1H3,(H,7,10). The number of aliphatic hydroxyl groups is 1. The van der Waals surface area contributed by atoms with Gasteiger partial charge in [-0.05, 0) is 6.92 Å². The predicted octanol–water partition coefficient (Wildman–Crippen LogP) is -0.279. The highest BCUT2D eigenvalue weighted by Crippen LogP contribution is 2.13. The molecule has 4 heteroatoms. The summed E-state index contributed by atoms with van der Waals surface area (Å²) < 4.78 is 0. The number of Topliss-reactive ketones (excluding diaryl/α,β-unsaturated/α-hetero) is 1. The van der Waals surface area contributed by atoms with Gasteiger partial charge in [-0.3, -0.25) is 9.59 Å². The maximum Gasteiger partial charge on any atom is 0.242 e. The van der Waals surface area contributed by atoms with Gasteiger partial charge in [0.25, 0.3) is 0 Å². The second kappa shape index (κ2) is 2.13. The molecule has 0 bridgehead atoms. The molecule has 0 spiro atoms. The van der Waals surface area contributed by atoms with Gasteiger partial charge >= 0.3 is 0 Å². The summed E-state index contributed by atoms with van der Waals surface area (Å²) in [6, 6.07) is 0. The molecular formula is C6H7NO3. The molecule has 1 atom stereocenters. The number of nitrogens with one attached hydrogen (secondary N) is 1.